The smallest absolute Gasteiger partial charge is 0.157 e. The molecule has 4 nitrogen and oxygen atoms in total. The molecule has 0 aromatic carbocycles. The molecule has 1 aliphatic rings. The number of aromatic nitrogens is 1. The lowest BCUT2D eigenvalue weighted by atomic mass is 9.84. The number of nitrogens with zero attached hydrogens (tertiary/aromatic N) is 2. The van der Waals surface area contributed by atoms with Crippen LogP contribution in [0.2, 0.25) is 0 Å². The highest BCUT2D eigenvalue weighted by Crippen LogP contribution is 2.28. The van der Waals surface area contributed by atoms with Crippen LogP contribution in [0, 0.1) is 11.3 Å². The van der Waals surface area contributed by atoms with E-state index in [0.717, 1.165) is 25.9 Å². The van der Waals surface area contributed by atoms with Crippen LogP contribution in [0.15, 0.2) is 24.4 Å². The second-order valence-corrected chi connectivity index (χ2v) is 5.23. The minimum absolute atomic E-state index is 0.140. The van der Waals surface area contributed by atoms with Crippen LogP contribution in [-0.4, -0.2) is 30.4 Å². The minimum atomic E-state index is -0.794. The summed E-state index contributed by atoms with van der Waals surface area (Å²) in [5.41, 5.74) is -0.0945. The third-order valence-corrected chi connectivity index (χ3v) is 4.02. The first-order valence-corrected chi connectivity index (χ1v) is 7.46. The van der Waals surface area contributed by atoms with Crippen LogP contribution in [0.1, 0.15) is 31.4 Å². The van der Waals surface area contributed by atoms with Crippen molar-refractivity contribution in [3.63, 3.8) is 0 Å². The fourth-order valence-corrected chi connectivity index (χ4v) is 2.59. The number of ether oxygens (including phenoxy) is 2. The Hall–Kier alpha value is -1.15. The summed E-state index contributed by atoms with van der Waals surface area (Å²) in [5.74, 6) is 0.204. The van der Waals surface area contributed by atoms with Gasteiger partial charge in [-0.2, -0.15) is 5.26 Å². The molecule has 1 aromatic rings. The second-order valence-electron chi connectivity index (χ2n) is 4.96. The van der Waals surface area contributed by atoms with Crippen molar-refractivity contribution < 1.29 is 9.47 Å². The summed E-state index contributed by atoms with van der Waals surface area (Å²) in [6.45, 7) is 1.20. The Morgan fingerprint density at radius 2 is 2.40 bits per heavy atom. The van der Waals surface area contributed by atoms with Crippen molar-refractivity contribution in [1.82, 2.24) is 4.98 Å². The van der Waals surface area contributed by atoms with E-state index in [0.29, 0.717) is 18.7 Å². The molecule has 0 bridgehead atoms. The molecular formula is C15H19ClN2O2. The molecule has 0 spiro atoms. The number of nitriles is 1. The molecule has 108 valence electrons. The van der Waals surface area contributed by atoms with Gasteiger partial charge >= 0.3 is 0 Å². The maximum Gasteiger partial charge on any atom is 0.157 e. The van der Waals surface area contributed by atoms with E-state index in [1.807, 2.05) is 18.2 Å². The van der Waals surface area contributed by atoms with Crippen LogP contribution < -0.4 is 0 Å². The summed E-state index contributed by atoms with van der Waals surface area (Å²) in [5, 5.41) is 9.51. The van der Waals surface area contributed by atoms with Gasteiger partial charge in [0.2, 0.25) is 0 Å². The highest BCUT2D eigenvalue weighted by atomic mass is 35.5. The van der Waals surface area contributed by atoms with Gasteiger partial charge in [-0.1, -0.05) is 6.07 Å². The molecule has 2 unspecified atom stereocenters. The van der Waals surface area contributed by atoms with Gasteiger partial charge in [0.1, 0.15) is 5.41 Å². The molecule has 1 fully saturated rings. The summed E-state index contributed by atoms with van der Waals surface area (Å²) in [7, 11) is 0. The largest absolute Gasteiger partial charge is 0.353 e. The molecule has 20 heavy (non-hydrogen) atoms. The molecule has 2 rings (SSSR count). The summed E-state index contributed by atoms with van der Waals surface area (Å²) in [6.07, 6.45) is 5.20. The highest BCUT2D eigenvalue weighted by molar-refractivity contribution is 6.19. The van der Waals surface area contributed by atoms with Crippen LogP contribution in [0.5, 0.6) is 0 Å². The lowest BCUT2D eigenvalue weighted by Crippen LogP contribution is -2.31. The van der Waals surface area contributed by atoms with Crippen LogP contribution in [0.3, 0.4) is 0 Å². The maximum atomic E-state index is 9.51. The Morgan fingerprint density at radius 3 is 3.00 bits per heavy atom. The number of halogens is 1. The van der Waals surface area contributed by atoms with E-state index in [4.69, 9.17) is 21.1 Å². The Kier molecular flexibility index (Phi) is 5.78. The highest BCUT2D eigenvalue weighted by Gasteiger charge is 2.33. The molecule has 1 saturated heterocycles. The lowest BCUT2D eigenvalue weighted by Gasteiger charge is -2.26. The molecular weight excluding hydrogens is 276 g/mol. The van der Waals surface area contributed by atoms with Crippen LogP contribution in [0.25, 0.3) is 0 Å². The number of alkyl halides is 1. The fourth-order valence-electron chi connectivity index (χ4n) is 2.26. The van der Waals surface area contributed by atoms with Gasteiger partial charge in [-0.25, -0.2) is 0 Å². The van der Waals surface area contributed by atoms with Crippen molar-refractivity contribution in [3.05, 3.63) is 30.1 Å². The molecule has 1 aliphatic heterocycles. The van der Waals surface area contributed by atoms with Gasteiger partial charge in [0, 0.05) is 18.7 Å². The monoisotopic (exact) mass is 294 g/mol. The molecule has 2 heterocycles. The first kappa shape index (κ1) is 15.2. The average Bonchev–Trinajstić information content (AvgIpc) is 2.54. The standard InChI is InChI=1S/C15H19ClN2O2/c16-11-15(12-17,13-5-1-3-8-18-13)7-10-20-14-6-2-4-9-19-14/h1,3,5,8,14H,2,4,6-7,9-11H2. The van der Waals surface area contributed by atoms with Gasteiger partial charge in [-0.05, 0) is 37.8 Å². The Labute approximate surface area is 124 Å². The molecule has 0 aliphatic carbocycles. The Balaban J connectivity index is 1.94. The van der Waals surface area contributed by atoms with E-state index < -0.39 is 5.41 Å². The van der Waals surface area contributed by atoms with Crippen LogP contribution in [-0.2, 0) is 14.9 Å². The number of rotatable bonds is 6. The summed E-state index contributed by atoms with van der Waals surface area (Å²) in [6, 6.07) is 7.83. The number of pyridine rings is 1. The zero-order chi connectivity index (χ0) is 14.3. The Bertz CT molecular complexity index is 443. The summed E-state index contributed by atoms with van der Waals surface area (Å²) < 4.78 is 11.2. The average molecular weight is 295 g/mol. The first-order valence-electron chi connectivity index (χ1n) is 6.93. The molecule has 2 atom stereocenters. The fraction of sp³-hybridized carbons (Fsp3) is 0.600. The third-order valence-electron chi connectivity index (χ3n) is 3.57. The van der Waals surface area contributed by atoms with Gasteiger partial charge in [0.15, 0.2) is 6.29 Å². The predicted molar refractivity (Wildman–Crippen MR) is 76.4 cm³/mol. The second kappa shape index (κ2) is 7.58. The molecule has 5 heteroatoms. The summed E-state index contributed by atoms with van der Waals surface area (Å²) in [4.78, 5) is 4.26. The molecule has 0 amide bonds. The van der Waals surface area contributed by atoms with Gasteiger partial charge in [0.05, 0.1) is 18.4 Å². The van der Waals surface area contributed by atoms with Crippen molar-refractivity contribution >= 4 is 11.6 Å². The normalized spacial score (nSPS) is 21.9. The molecule has 0 radical (unpaired) electrons. The van der Waals surface area contributed by atoms with E-state index in [9.17, 15) is 5.26 Å². The van der Waals surface area contributed by atoms with E-state index in [1.54, 1.807) is 6.20 Å². The zero-order valence-corrected chi connectivity index (χ0v) is 12.2. The topological polar surface area (TPSA) is 55.1 Å². The van der Waals surface area contributed by atoms with E-state index in [-0.39, 0.29) is 12.2 Å². The van der Waals surface area contributed by atoms with E-state index in [1.165, 1.54) is 0 Å². The van der Waals surface area contributed by atoms with Crippen LogP contribution in [0.4, 0.5) is 0 Å². The van der Waals surface area contributed by atoms with Gasteiger partial charge < -0.3 is 9.47 Å². The van der Waals surface area contributed by atoms with E-state index in [2.05, 4.69) is 11.1 Å². The molecule has 1 aromatic heterocycles. The molecule has 0 N–H and O–H groups in total. The Morgan fingerprint density at radius 1 is 1.50 bits per heavy atom. The van der Waals surface area contributed by atoms with Gasteiger partial charge in [-0.3, -0.25) is 4.98 Å². The van der Waals surface area contributed by atoms with Crippen molar-refractivity contribution in [2.24, 2.45) is 0 Å². The van der Waals surface area contributed by atoms with Crippen LogP contribution >= 0.6 is 11.6 Å². The lowest BCUT2D eigenvalue weighted by molar-refractivity contribution is -0.163. The first-order chi connectivity index (χ1) is 9.80. The van der Waals surface area contributed by atoms with Gasteiger partial charge in [0.25, 0.3) is 0 Å². The van der Waals surface area contributed by atoms with Gasteiger partial charge in [-0.15, -0.1) is 11.6 Å². The molecule has 0 saturated carbocycles. The number of hydrogen-bond donors (Lipinski definition) is 0. The van der Waals surface area contributed by atoms with E-state index >= 15 is 0 Å². The van der Waals surface area contributed by atoms with Crippen molar-refractivity contribution in [1.29, 1.82) is 5.26 Å². The quantitative estimate of drug-likeness (QED) is 0.757. The third kappa shape index (κ3) is 3.69. The number of hydrogen-bond acceptors (Lipinski definition) is 4. The predicted octanol–water partition coefficient (Wildman–Crippen LogP) is 3.02. The SMILES string of the molecule is N#CC(CCl)(CCOC1CCCCO1)c1ccccn1. The van der Waals surface area contributed by atoms with Crippen molar-refractivity contribution in [2.75, 3.05) is 19.1 Å². The zero-order valence-electron chi connectivity index (χ0n) is 11.4. The summed E-state index contributed by atoms with van der Waals surface area (Å²) >= 11 is 6.03. The minimum Gasteiger partial charge on any atom is -0.353 e. The maximum absolute atomic E-state index is 9.51. The van der Waals surface area contributed by atoms with Crippen molar-refractivity contribution in [3.8, 4) is 6.07 Å². The van der Waals surface area contributed by atoms with Crippen molar-refractivity contribution in [2.45, 2.75) is 37.4 Å².